The second-order valence-electron chi connectivity index (χ2n) is 7.52. The molecule has 0 aromatic carbocycles. The lowest BCUT2D eigenvalue weighted by molar-refractivity contribution is 0.387. The van der Waals surface area contributed by atoms with Gasteiger partial charge in [-0.3, -0.25) is 0 Å². The van der Waals surface area contributed by atoms with Crippen LogP contribution in [0.1, 0.15) is 49.9 Å². The molecule has 0 radical (unpaired) electrons. The summed E-state index contributed by atoms with van der Waals surface area (Å²) in [7, 11) is 0. The van der Waals surface area contributed by atoms with Gasteiger partial charge in [0.05, 0.1) is 12.8 Å². The minimum Gasteiger partial charge on any atom is -0.459 e. The maximum atomic E-state index is 5.28. The number of nitrogens with zero attached hydrogens (tertiary/aromatic N) is 5. The summed E-state index contributed by atoms with van der Waals surface area (Å²) >= 11 is 0. The van der Waals surface area contributed by atoms with Crippen molar-refractivity contribution in [1.82, 2.24) is 25.4 Å². The first kappa shape index (κ1) is 18.6. The third-order valence-electron chi connectivity index (χ3n) is 4.94. The van der Waals surface area contributed by atoms with Crippen LogP contribution in [-0.4, -0.2) is 39.2 Å². The number of aromatic nitrogens is 4. The van der Waals surface area contributed by atoms with E-state index in [9.17, 15) is 0 Å². The number of rotatable bonds is 6. The fourth-order valence-electron chi connectivity index (χ4n) is 3.37. The van der Waals surface area contributed by atoms with Crippen LogP contribution < -0.4 is 10.2 Å². The van der Waals surface area contributed by atoms with Gasteiger partial charge in [0.25, 0.3) is 5.89 Å². The quantitative estimate of drug-likeness (QED) is 0.694. The lowest BCUT2D eigenvalue weighted by Gasteiger charge is -2.33. The van der Waals surface area contributed by atoms with Gasteiger partial charge in [-0.25, -0.2) is 9.97 Å². The van der Waals surface area contributed by atoms with Crippen molar-refractivity contribution in [1.29, 1.82) is 0 Å². The Kier molecular flexibility index (Phi) is 5.38. The lowest BCUT2D eigenvalue weighted by Crippen LogP contribution is -2.42. The summed E-state index contributed by atoms with van der Waals surface area (Å²) in [5, 5.41) is 7.55. The number of hydrogen-bond acceptors (Lipinski definition) is 8. The van der Waals surface area contributed by atoms with E-state index < -0.39 is 0 Å². The zero-order valence-corrected chi connectivity index (χ0v) is 16.6. The first-order chi connectivity index (χ1) is 13.6. The van der Waals surface area contributed by atoms with Crippen LogP contribution in [0, 0.1) is 6.92 Å². The highest BCUT2D eigenvalue weighted by Gasteiger charge is 2.21. The molecule has 1 aliphatic rings. The predicted octanol–water partition coefficient (Wildman–Crippen LogP) is 3.31. The predicted molar refractivity (Wildman–Crippen MR) is 105 cm³/mol. The summed E-state index contributed by atoms with van der Waals surface area (Å²) in [5.74, 6) is 3.93. The molecule has 0 bridgehead atoms. The van der Waals surface area contributed by atoms with Gasteiger partial charge in [-0.2, -0.15) is 4.98 Å². The summed E-state index contributed by atoms with van der Waals surface area (Å²) < 4.78 is 10.5. The van der Waals surface area contributed by atoms with E-state index in [0.29, 0.717) is 36.0 Å². The monoisotopic (exact) mass is 382 g/mol. The van der Waals surface area contributed by atoms with E-state index in [2.05, 4.69) is 45.3 Å². The van der Waals surface area contributed by atoms with Gasteiger partial charge in [0.2, 0.25) is 0 Å². The van der Waals surface area contributed by atoms with Gasteiger partial charge in [-0.05, 0) is 31.9 Å². The lowest BCUT2D eigenvalue weighted by atomic mass is 10.0. The van der Waals surface area contributed by atoms with Crippen LogP contribution in [0.25, 0.3) is 11.7 Å². The zero-order valence-electron chi connectivity index (χ0n) is 16.6. The van der Waals surface area contributed by atoms with E-state index in [4.69, 9.17) is 13.9 Å². The Bertz CT molecular complexity index is 897. The summed E-state index contributed by atoms with van der Waals surface area (Å²) in [4.78, 5) is 16.0. The van der Waals surface area contributed by atoms with Gasteiger partial charge in [0.1, 0.15) is 11.6 Å². The molecule has 0 amide bonds. The molecule has 148 valence electrons. The van der Waals surface area contributed by atoms with E-state index >= 15 is 0 Å². The van der Waals surface area contributed by atoms with Crippen LogP contribution in [-0.2, 0) is 6.54 Å². The first-order valence-corrected chi connectivity index (χ1v) is 9.79. The molecule has 28 heavy (non-hydrogen) atoms. The van der Waals surface area contributed by atoms with Gasteiger partial charge in [0, 0.05) is 36.8 Å². The molecule has 0 atom stereocenters. The Morgan fingerprint density at radius 1 is 1.21 bits per heavy atom. The van der Waals surface area contributed by atoms with Crippen molar-refractivity contribution in [3.8, 4) is 11.7 Å². The maximum absolute atomic E-state index is 5.28. The van der Waals surface area contributed by atoms with Gasteiger partial charge >= 0.3 is 0 Å². The van der Waals surface area contributed by atoms with Crippen LogP contribution >= 0.6 is 0 Å². The number of piperidine rings is 1. The molecule has 1 saturated heterocycles. The van der Waals surface area contributed by atoms with Crippen molar-refractivity contribution < 1.29 is 8.94 Å². The molecule has 0 saturated carbocycles. The van der Waals surface area contributed by atoms with Gasteiger partial charge in [-0.1, -0.05) is 19.0 Å². The van der Waals surface area contributed by atoms with Crippen LogP contribution in [0.3, 0.4) is 0 Å². The topological polar surface area (TPSA) is 93.1 Å². The molecular formula is C20H26N6O2. The van der Waals surface area contributed by atoms with Crippen LogP contribution in [0.5, 0.6) is 0 Å². The Balaban J connectivity index is 1.30. The summed E-state index contributed by atoms with van der Waals surface area (Å²) in [6, 6.07) is 6.11. The second-order valence-corrected chi connectivity index (χ2v) is 7.52. The number of nitrogens with one attached hydrogen (secondary N) is 1. The van der Waals surface area contributed by atoms with Crippen LogP contribution in [0.15, 0.2) is 33.4 Å². The summed E-state index contributed by atoms with van der Waals surface area (Å²) in [5.41, 5.74) is 1.03. The fraction of sp³-hybridized carbons (Fsp3) is 0.500. The summed E-state index contributed by atoms with van der Waals surface area (Å²) in [6.07, 6.45) is 3.68. The van der Waals surface area contributed by atoms with Crippen molar-refractivity contribution >= 4 is 5.82 Å². The van der Waals surface area contributed by atoms with Crippen molar-refractivity contribution in [3.63, 3.8) is 0 Å². The highest BCUT2D eigenvalue weighted by atomic mass is 16.5. The fourth-order valence-corrected chi connectivity index (χ4v) is 3.37. The Morgan fingerprint density at radius 2 is 2.04 bits per heavy atom. The van der Waals surface area contributed by atoms with Gasteiger partial charge in [0.15, 0.2) is 11.6 Å². The molecular weight excluding hydrogens is 356 g/mol. The minimum atomic E-state index is 0.332. The molecule has 4 heterocycles. The molecule has 4 rings (SSSR count). The number of furan rings is 1. The van der Waals surface area contributed by atoms with Crippen molar-refractivity contribution in [2.24, 2.45) is 0 Å². The van der Waals surface area contributed by atoms with Crippen molar-refractivity contribution in [2.75, 3.05) is 18.0 Å². The van der Waals surface area contributed by atoms with E-state index in [1.54, 1.807) is 18.4 Å². The molecule has 8 nitrogen and oxygen atoms in total. The molecule has 1 aliphatic heterocycles. The molecule has 0 unspecified atom stereocenters. The van der Waals surface area contributed by atoms with Crippen LogP contribution in [0.4, 0.5) is 5.82 Å². The Hall–Kier alpha value is -2.74. The van der Waals surface area contributed by atoms with E-state index in [1.807, 2.05) is 6.92 Å². The standard InChI is InChI=1S/C20H26N6O2/c1-13(2)19-22-14(3)11-18(24-19)26-8-6-15(7-9-26)21-12-17-23-20(28-25-17)16-5-4-10-27-16/h4-5,10-11,13,15,21H,6-9,12H2,1-3H3. The average molecular weight is 382 g/mol. The smallest absolute Gasteiger partial charge is 0.293 e. The minimum absolute atomic E-state index is 0.332. The van der Waals surface area contributed by atoms with Crippen LogP contribution in [0.2, 0.25) is 0 Å². The van der Waals surface area contributed by atoms with Crippen molar-refractivity contribution in [3.05, 3.63) is 41.8 Å². The Morgan fingerprint density at radius 3 is 2.75 bits per heavy atom. The largest absolute Gasteiger partial charge is 0.459 e. The third kappa shape index (κ3) is 4.22. The van der Waals surface area contributed by atoms with Gasteiger partial charge < -0.3 is 19.2 Å². The molecule has 0 spiro atoms. The molecule has 3 aromatic heterocycles. The highest BCUT2D eigenvalue weighted by molar-refractivity contribution is 5.43. The van der Waals surface area contributed by atoms with E-state index in [-0.39, 0.29) is 0 Å². The third-order valence-corrected chi connectivity index (χ3v) is 4.94. The molecule has 0 aliphatic carbocycles. The Labute approximate surface area is 164 Å². The number of hydrogen-bond donors (Lipinski definition) is 1. The number of aryl methyl sites for hydroxylation is 1. The zero-order chi connectivity index (χ0) is 19.5. The molecule has 8 heteroatoms. The first-order valence-electron chi connectivity index (χ1n) is 9.79. The molecule has 3 aromatic rings. The summed E-state index contributed by atoms with van der Waals surface area (Å²) in [6.45, 7) is 8.81. The van der Waals surface area contributed by atoms with E-state index in [0.717, 1.165) is 43.3 Å². The number of anilines is 1. The second kappa shape index (κ2) is 8.10. The maximum Gasteiger partial charge on any atom is 0.293 e. The normalized spacial score (nSPS) is 15.5. The highest BCUT2D eigenvalue weighted by Crippen LogP contribution is 2.22. The molecule has 1 N–H and O–H groups in total. The molecule has 1 fully saturated rings. The SMILES string of the molecule is Cc1cc(N2CCC(NCc3noc(-c4ccco4)n3)CC2)nc(C(C)C)n1. The average Bonchev–Trinajstić information content (AvgIpc) is 3.38. The van der Waals surface area contributed by atoms with Crippen molar-refractivity contribution in [2.45, 2.75) is 52.1 Å². The van der Waals surface area contributed by atoms with E-state index in [1.165, 1.54) is 0 Å². The van der Waals surface area contributed by atoms with Gasteiger partial charge in [-0.15, -0.1) is 0 Å².